The van der Waals surface area contributed by atoms with Gasteiger partial charge in [0.1, 0.15) is 11.5 Å². The number of anilines is 1. The molecule has 0 spiro atoms. The number of aliphatic imine (C=N–C) groups is 1. The molecule has 1 fully saturated rings. The molecule has 2 aliphatic heterocycles. The number of benzene rings is 2. The van der Waals surface area contributed by atoms with Crippen LogP contribution < -0.4 is 10.2 Å². The Bertz CT molecular complexity index is 973. The highest BCUT2D eigenvalue weighted by Crippen LogP contribution is 2.33. The molecule has 2 heterocycles. The zero-order valence-corrected chi connectivity index (χ0v) is 16.5. The molecule has 0 aliphatic carbocycles. The minimum Gasteiger partial charge on any atom is -0.355 e. The predicted octanol–water partition coefficient (Wildman–Crippen LogP) is 3.97. The molecule has 1 atom stereocenters. The molecule has 7 heteroatoms. The summed E-state index contributed by atoms with van der Waals surface area (Å²) in [6.07, 6.45) is 4.31. The highest BCUT2D eigenvalue weighted by atomic mass is 32.2. The molecule has 1 saturated heterocycles. The van der Waals surface area contributed by atoms with Gasteiger partial charge in [-0.25, -0.2) is 9.38 Å². The van der Waals surface area contributed by atoms with Crippen molar-refractivity contribution in [3.05, 3.63) is 71.7 Å². The largest absolute Gasteiger partial charge is 0.355 e. The zero-order chi connectivity index (χ0) is 20.2. The van der Waals surface area contributed by atoms with Gasteiger partial charge in [0, 0.05) is 6.54 Å². The monoisotopic (exact) mass is 409 g/mol. The van der Waals surface area contributed by atoms with Gasteiger partial charge in [-0.1, -0.05) is 48.5 Å². The van der Waals surface area contributed by atoms with Crippen molar-refractivity contribution in [3.63, 3.8) is 0 Å². The second-order valence-corrected chi connectivity index (χ2v) is 8.01. The summed E-state index contributed by atoms with van der Waals surface area (Å²) >= 11 is 1.28. The van der Waals surface area contributed by atoms with Gasteiger partial charge in [0.05, 0.1) is 10.9 Å². The number of nitrogens with zero attached hydrogens (tertiary/aromatic N) is 2. The smallest absolute Gasteiger partial charge is 0.283 e. The third-order valence-corrected chi connectivity index (χ3v) is 5.97. The van der Waals surface area contributed by atoms with Crippen LogP contribution in [0, 0.1) is 5.82 Å². The van der Waals surface area contributed by atoms with Gasteiger partial charge in [0.2, 0.25) is 5.91 Å². The molecule has 1 unspecified atom stereocenters. The van der Waals surface area contributed by atoms with Gasteiger partial charge in [0.15, 0.2) is 5.17 Å². The summed E-state index contributed by atoms with van der Waals surface area (Å²) in [6, 6.07) is 15.2. The molecule has 4 rings (SSSR count). The van der Waals surface area contributed by atoms with Crippen LogP contribution in [-0.2, 0) is 9.59 Å². The Morgan fingerprint density at radius 1 is 1.07 bits per heavy atom. The average molecular weight is 409 g/mol. The first-order valence-electron chi connectivity index (χ1n) is 9.51. The molecule has 148 valence electrons. The van der Waals surface area contributed by atoms with Crippen LogP contribution in [0.5, 0.6) is 0 Å². The summed E-state index contributed by atoms with van der Waals surface area (Å²) < 4.78 is 13.4. The molecule has 29 heavy (non-hydrogen) atoms. The second kappa shape index (κ2) is 8.61. The van der Waals surface area contributed by atoms with Crippen molar-refractivity contribution < 1.29 is 14.0 Å². The van der Waals surface area contributed by atoms with E-state index in [4.69, 9.17) is 0 Å². The summed E-state index contributed by atoms with van der Waals surface area (Å²) in [5.74, 6) is -0.714. The first-order valence-corrected chi connectivity index (χ1v) is 10.4. The maximum atomic E-state index is 13.4. The molecule has 2 aromatic rings. The van der Waals surface area contributed by atoms with E-state index in [0.29, 0.717) is 17.4 Å². The zero-order valence-electron chi connectivity index (χ0n) is 15.7. The molecule has 0 radical (unpaired) electrons. The van der Waals surface area contributed by atoms with Gasteiger partial charge in [-0.15, -0.1) is 0 Å². The Hall–Kier alpha value is -2.93. The van der Waals surface area contributed by atoms with Crippen molar-refractivity contribution in [2.24, 2.45) is 4.99 Å². The number of nitrogens with one attached hydrogen (secondary N) is 1. The normalized spacial score (nSPS) is 21.1. The van der Waals surface area contributed by atoms with Gasteiger partial charge in [-0.05, 0) is 48.7 Å². The van der Waals surface area contributed by atoms with E-state index in [9.17, 15) is 14.0 Å². The number of hydrogen-bond donors (Lipinski definition) is 1. The minimum atomic E-state index is -0.380. The molecular formula is C22H20FN3O2S. The Morgan fingerprint density at radius 3 is 2.59 bits per heavy atom. The highest BCUT2D eigenvalue weighted by molar-refractivity contribution is 8.15. The molecule has 1 N–H and O–H groups in total. The van der Waals surface area contributed by atoms with Crippen LogP contribution in [0.3, 0.4) is 0 Å². The van der Waals surface area contributed by atoms with Gasteiger partial charge >= 0.3 is 0 Å². The van der Waals surface area contributed by atoms with E-state index in [1.54, 1.807) is 18.2 Å². The second-order valence-electron chi connectivity index (χ2n) is 6.84. The number of carbonyl (C=O) groups excluding carboxylic acids is 2. The van der Waals surface area contributed by atoms with Gasteiger partial charge in [-0.3, -0.25) is 14.5 Å². The Morgan fingerprint density at radius 2 is 1.83 bits per heavy atom. The average Bonchev–Trinajstić information content (AvgIpc) is 2.88. The maximum absolute atomic E-state index is 13.4. The molecule has 5 nitrogen and oxygen atoms in total. The number of hydrogen-bond acceptors (Lipinski definition) is 4. The molecule has 2 aromatic carbocycles. The minimum absolute atomic E-state index is 0.0396. The summed E-state index contributed by atoms with van der Waals surface area (Å²) in [6.45, 7) is 0.669. The fourth-order valence-electron chi connectivity index (χ4n) is 3.25. The fourth-order valence-corrected chi connectivity index (χ4v) is 4.43. The van der Waals surface area contributed by atoms with Crippen LogP contribution >= 0.6 is 11.8 Å². The van der Waals surface area contributed by atoms with Gasteiger partial charge in [-0.2, -0.15) is 0 Å². The van der Waals surface area contributed by atoms with Crippen LogP contribution in [0.1, 0.15) is 24.8 Å². The van der Waals surface area contributed by atoms with E-state index in [2.05, 4.69) is 10.3 Å². The van der Waals surface area contributed by atoms with Crippen LogP contribution in [0.25, 0.3) is 6.08 Å². The van der Waals surface area contributed by atoms with Crippen LogP contribution in [0.15, 0.2) is 65.3 Å². The standard InChI is InChI=1S/C22H20FN3O2S/c23-16-9-11-17(12-10-16)26-21(28)18(14-15-6-2-1-3-7-15)25-22(26)29-19-8-4-5-13-24-20(19)27/h1-3,6-7,9-12,14,19H,4-5,8,13H2,(H,24,27)/b18-14-. The number of rotatable bonds is 3. The SMILES string of the molecule is O=C1NCCCCC1SC1=N/C(=C\c2ccccc2)C(=O)N1c1ccc(F)cc1. The van der Waals surface area contributed by atoms with Crippen molar-refractivity contribution in [2.45, 2.75) is 24.5 Å². The summed E-state index contributed by atoms with van der Waals surface area (Å²) in [5.41, 5.74) is 1.67. The van der Waals surface area contributed by atoms with E-state index in [0.717, 1.165) is 24.8 Å². The van der Waals surface area contributed by atoms with E-state index in [1.807, 2.05) is 30.3 Å². The molecule has 0 aromatic heterocycles. The number of carbonyl (C=O) groups is 2. The predicted molar refractivity (Wildman–Crippen MR) is 114 cm³/mol. The van der Waals surface area contributed by atoms with Crippen molar-refractivity contribution in [3.8, 4) is 0 Å². The molecule has 0 bridgehead atoms. The first kappa shape index (κ1) is 19.4. The first-order chi connectivity index (χ1) is 14.1. The Kier molecular flexibility index (Phi) is 5.76. The summed E-state index contributed by atoms with van der Waals surface area (Å²) in [7, 11) is 0. The van der Waals surface area contributed by atoms with Crippen molar-refractivity contribution in [1.29, 1.82) is 0 Å². The van der Waals surface area contributed by atoms with Crippen molar-refractivity contribution >= 4 is 40.5 Å². The molecule has 2 amide bonds. The van der Waals surface area contributed by atoms with E-state index < -0.39 is 0 Å². The number of thioether (sulfide) groups is 1. The lowest BCUT2D eigenvalue weighted by atomic mass is 10.2. The molecule has 2 aliphatic rings. The van der Waals surface area contributed by atoms with E-state index in [-0.39, 0.29) is 28.6 Å². The maximum Gasteiger partial charge on any atom is 0.283 e. The number of amides is 2. The summed E-state index contributed by atoms with van der Waals surface area (Å²) in [4.78, 5) is 31.5. The van der Waals surface area contributed by atoms with Gasteiger partial charge < -0.3 is 5.32 Å². The lowest BCUT2D eigenvalue weighted by Gasteiger charge is -2.20. The van der Waals surface area contributed by atoms with E-state index in [1.165, 1.54) is 28.8 Å². The fraction of sp³-hybridized carbons (Fsp3) is 0.227. The third kappa shape index (κ3) is 4.40. The molecule has 0 saturated carbocycles. The number of halogens is 1. The summed E-state index contributed by atoms with van der Waals surface area (Å²) in [5, 5.41) is 3.03. The number of amidine groups is 1. The highest BCUT2D eigenvalue weighted by Gasteiger charge is 2.35. The van der Waals surface area contributed by atoms with Crippen LogP contribution in [0.2, 0.25) is 0 Å². The lowest BCUT2D eigenvalue weighted by molar-refractivity contribution is -0.120. The quantitative estimate of drug-likeness (QED) is 0.781. The van der Waals surface area contributed by atoms with E-state index >= 15 is 0 Å². The van der Waals surface area contributed by atoms with Crippen LogP contribution in [-0.4, -0.2) is 28.8 Å². The third-order valence-electron chi connectivity index (χ3n) is 4.75. The Labute approximate surface area is 172 Å². The lowest BCUT2D eigenvalue weighted by Crippen LogP contribution is -2.35. The van der Waals surface area contributed by atoms with Crippen LogP contribution in [0.4, 0.5) is 10.1 Å². The topological polar surface area (TPSA) is 61.8 Å². The Balaban J connectivity index is 1.69. The van der Waals surface area contributed by atoms with Gasteiger partial charge in [0.25, 0.3) is 5.91 Å². The van der Waals surface area contributed by atoms with Crippen molar-refractivity contribution in [1.82, 2.24) is 5.32 Å². The van der Waals surface area contributed by atoms with Crippen molar-refractivity contribution in [2.75, 3.05) is 11.4 Å². The molecular weight excluding hydrogens is 389 g/mol.